The molecule has 0 saturated heterocycles. The summed E-state index contributed by atoms with van der Waals surface area (Å²) in [7, 11) is 0. The summed E-state index contributed by atoms with van der Waals surface area (Å²) in [5, 5.41) is 7.53. The van der Waals surface area contributed by atoms with Gasteiger partial charge in [0.15, 0.2) is 5.82 Å². The van der Waals surface area contributed by atoms with Gasteiger partial charge in [-0.3, -0.25) is 4.79 Å². The van der Waals surface area contributed by atoms with Gasteiger partial charge < -0.3 is 9.84 Å². The number of nitrogens with one attached hydrogen (secondary N) is 1. The molecule has 3 aliphatic carbocycles. The Hall–Kier alpha value is -2.16. The Morgan fingerprint density at radius 1 is 1.20 bits per heavy atom. The summed E-state index contributed by atoms with van der Waals surface area (Å²) in [5.74, 6) is -0.305. The Labute approximate surface area is 175 Å². The van der Waals surface area contributed by atoms with Gasteiger partial charge in [0.2, 0.25) is 0 Å². The molecule has 1 saturated carbocycles. The number of halogens is 3. The van der Waals surface area contributed by atoms with Crippen LogP contribution >= 0.6 is 11.3 Å². The van der Waals surface area contributed by atoms with E-state index in [-0.39, 0.29) is 25.2 Å². The molecule has 5 nitrogen and oxygen atoms in total. The molecule has 0 aromatic carbocycles. The van der Waals surface area contributed by atoms with Crippen molar-refractivity contribution in [3.63, 3.8) is 0 Å². The van der Waals surface area contributed by atoms with Crippen molar-refractivity contribution in [2.45, 2.75) is 69.9 Å². The average Bonchev–Trinajstić information content (AvgIpc) is 3.35. The summed E-state index contributed by atoms with van der Waals surface area (Å²) in [5.41, 5.74) is 2.15. The number of amides is 1. The number of carbonyl (C=O) groups is 1. The second kappa shape index (κ2) is 7.51. The minimum Gasteiger partial charge on any atom is -0.334 e. The van der Waals surface area contributed by atoms with Crippen LogP contribution in [-0.4, -0.2) is 22.2 Å². The summed E-state index contributed by atoms with van der Waals surface area (Å²) < 4.78 is 45.4. The second-order valence-electron chi connectivity index (χ2n) is 8.35. The van der Waals surface area contributed by atoms with E-state index in [9.17, 15) is 18.0 Å². The first-order valence-electron chi connectivity index (χ1n) is 10.5. The van der Waals surface area contributed by atoms with Gasteiger partial charge >= 0.3 is 6.18 Å². The first kappa shape index (κ1) is 19.8. The fraction of sp³-hybridized carbons (Fsp3) is 0.571. The molecule has 0 radical (unpaired) electrons. The SMILES string of the molecule is O=C(Nc1sc2c(c1-c1nc(C3CC3)no1)CCC(C(F)(F)F)C2)C1=CCCCC1. The largest absolute Gasteiger partial charge is 0.392 e. The minimum absolute atomic E-state index is 0.0302. The topological polar surface area (TPSA) is 68.0 Å². The number of anilines is 1. The van der Waals surface area contributed by atoms with E-state index < -0.39 is 12.1 Å². The normalized spacial score (nSPS) is 21.8. The van der Waals surface area contributed by atoms with Crippen LogP contribution in [0.4, 0.5) is 18.2 Å². The molecule has 1 unspecified atom stereocenters. The van der Waals surface area contributed by atoms with Crippen molar-refractivity contribution in [3.05, 3.63) is 27.9 Å². The average molecular weight is 437 g/mol. The molecule has 2 heterocycles. The van der Waals surface area contributed by atoms with Crippen LogP contribution in [-0.2, 0) is 17.6 Å². The van der Waals surface area contributed by atoms with Gasteiger partial charge in [-0.2, -0.15) is 18.2 Å². The predicted octanol–water partition coefficient (Wildman–Crippen LogP) is 5.78. The third kappa shape index (κ3) is 3.79. The van der Waals surface area contributed by atoms with E-state index in [1.54, 1.807) is 0 Å². The number of fused-ring (bicyclic) bond motifs is 1. The van der Waals surface area contributed by atoms with Gasteiger partial charge in [-0.15, -0.1) is 11.3 Å². The second-order valence-corrected chi connectivity index (χ2v) is 9.46. The molecule has 2 aromatic heterocycles. The van der Waals surface area contributed by atoms with Crippen molar-refractivity contribution in [1.29, 1.82) is 0 Å². The molecular weight excluding hydrogens is 415 g/mol. The number of alkyl halides is 3. The predicted molar refractivity (Wildman–Crippen MR) is 106 cm³/mol. The minimum atomic E-state index is -4.22. The molecule has 0 aliphatic heterocycles. The maximum Gasteiger partial charge on any atom is 0.392 e. The summed E-state index contributed by atoms with van der Waals surface area (Å²) in [6, 6.07) is 0. The molecule has 1 N–H and O–H groups in total. The molecule has 1 fully saturated rings. The van der Waals surface area contributed by atoms with E-state index in [1.165, 1.54) is 11.3 Å². The highest BCUT2D eigenvalue weighted by atomic mass is 32.1. The van der Waals surface area contributed by atoms with Crippen LogP contribution in [0, 0.1) is 5.92 Å². The summed E-state index contributed by atoms with van der Waals surface area (Å²) >= 11 is 1.22. The van der Waals surface area contributed by atoms with Gasteiger partial charge in [0.1, 0.15) is 5.00 Å². The lowest BCUT2D eigenvalue weighted by atomic mass is 9.86. The number of aromatic nitrogens is 2. The van der Waals surface area contributed by atoms with Crippen molar-refractivity contribution in [1.82, 2.24) is 10.1 Å². The van der Waals surface area contributed by atoms with Crippen molar-refractivity contribution >= 4 is 22.2 Å². The molecule has 1 amide bonds. The van der Waals surface area contributed by atoms with Crippen LogP contribution in [0.2, 0.25) is 0 Å². The third-order valence-electron chi connectivity index (χ3n) is 6.14. The van der Waals surface area contributed by atoms with Crippen LogP contribution < -0.4 is 5.32 Å². The maximum atomic E-state index is 13.3. The highest BCUT2D eigenvalue weighted by Crippen LogP contribution is 2.48. The maximum absolute atomic E-state index is 13.3. The number of rotatable bonds is 4. The molecule has 0 bridgehead atoms. The van der Waals surface area contributed by atoms with Crippen molar-refractivity contribution in [2.75, 3.05) is 5.32 Å². The Balaban J connectivity index is 1.50. The lowest BCUT2D eigenvalue weighted by molar-refractivity contribution is -0.176. The number of thiophene rings is 1. The van der Waals surface area contributed by atoms with Gasteiger partial charge in [0, 0.05) is 16.4 Å². The molecule has 3 aliphatic rings. The van der Waals surface area contributed by atoms with E-state index >= 15 is 0 Å². The van der Waals surface area contributed by atoms with Gasteiger partial charge in [-0.1, -0.05) is 11.2 Å². The Morgan fingerprint density at radius 2 is 2.03 bits per heavy atom. The van der Waals surface area contributed by atoms with Crippen LogP contribution in [0.15, 0.2) is 16.2 Å². The van der Waals surface area contributed by atoms with E-state index in [4.69, 9.17) is 4.52 Å². The molecule has 30 heavy (non-hydrogen) atoms. The third-order valence-corrected chi connectivity index (χ3v) is 7.31. The highest BCUT2D eigenvalue weighted by molar-refractivity contribution is 7.17. The zero-order chi connectivity index (χ0) is 20.9. The van der Waals surface area contributed by atoms with Gasteiger partial charge in [-0.05, 0) is 63.4 Å². The Kier molecular flexibility index (Phi) is 4.95. The molecule has 5 rings (SSSR count). The number of hydrogen-bond donors (Lipinski definition) is 1. The number of allylic oxidation sites excluding steroid dienone is 1. The van der Waals surface area contributed by atoms with Gasteiger partial charge in [-0.25, -0.2) is 0 Å². The first-order chi connectivity index (χ1) is 14.4. The fourth-order valence-corrected chi connectivity index (χ4v) is 5.57. The molecule has 9 heteroatoms. The standard InChI is InChI=1S/C21H22F3N3O2S/c22-21(23,24)13-8-9-14-15(10-13)30-20(26-18(28)12-4-2-1-3-5-12)16(14)19-25-17(27-29-19)11-6-7-11/h4,11,13H,1-3,5-10H2,(H,26,28). The zero-order valence-corrected chi connectivity index (χ0v) is 17.2. The quantitative estimate of drug-likeness (QED) is 0.658. The lowest BCUT2D eigenvalue weighted by Crippen LogP contribution is -2.28. The highest BCUT2D eigenvalue weighted by Gasteiger charge is 2.43. The van der Waals surface area contributed by atoms with Crippen LogP contribution in [0.5, 0.6) is 0 Å². The Morgan fingerprint density at radius 3 is 2.73 bits per heavy atom. The number of hydrogen-bond acceptors (Lipinski definition) is 5. The molecule has 0 spiro atoms. The summed E-state index contributed by atoms with van der Waals surface area (Å²) in [4.78, 5) is 18.0. The van der Waals surface area contributed by atoms with E-state index in [1.807, 2.05) is 6.08 Å². The van der Waals surface area contributed by atoms with Crippen LogP contribution in [0.3, 0.4) is 0 Å². The fourth-order valence-electron chi connectivity index (χ4n) is 4.25. The first-order valence-corrected chi connectivity index (χ1v) is 11.3. The lowest BCUT2D eigenvalue weighted by Gasteiger charge is -2.24. The van der Waals surface area contributed by atoms with E-state index in [2.05, 4.69) is 15.5 Å². The molecule has 160 valence electrons. The van der Waals surface area contributed by atoms with Gasteiger partial charge in [0.05, 0.1) is 11.5 Å². The zero-order valence-electron chi connectivity index (χ0n) is 16.3. The van der Waals surface area contributed by atoms with Gasteiger partial charge in [0.25, 0.3) is 11.8 Å². The molecule has 1 atom stereocenters. The van der Waals surface area contributed by atoms with E-state index in [0.717, 1.165) is 49.7 Å². The number of nitrogens with zero attached hydrogens (tertiary/aromatic N) is 2. The van der Waals surface area contributed by atoms with Crippen LogP contribution in [0.1, 0.15) is 67.1 Å². The van der Waals surface area contributed by atoms with Crippen LogP contribution in [0.25, 0.3) is 11.5 Å². The monoisotopic (exact) mass is 437 g/mol. The Bertz CT molecular complexity index is 1000. The van der Waals surface area contributed by atoms with Crippen molar-refractivity contribution in [3.8, 4) is 11.5 Å². The van der Waals surface area contributed by atoms with E-state index in [0.29, 0.717) is 33.1 Å². The smallest absolute Gasteiger partial charge is 0.334 e. The molecule has 2 aromatic rings. The summed E-state index contributed by atoms with van der Waals surface area (Å²) in [6.07, 6.45) is 3.64. The van der Waals surface area contributed by atoms with Crippen molar-refractivity contribution < 1.29 is 22.5 Å². The molecular formula is C21H22F3N3O2S. The number of carbonyl (C=O) groups excluding carboxylic acids is 1. The van der Waals surface area contributed by atoms with Crippen molar-refractivity contribution in [2.24, 2.45) is 5.92 Å². The summed E-state index contributed by atoms with van der Waals surface area (Å²) in [6.45, 7) is 0.